The Morgan fingerprint density at radius 2 is 2.08 bits per heavy atom. The molecule has 2 heterocycles. The van der Waals surface area contributed by atoms with Gasteiger partial charge in [0.15, 0.2) is 0 Å². The van der Waals surface area contributed by atoms with Crippen LogP contribution in [0.25, 0.3) is 5.57 Å². The minimum atomic E-state index is -4.65. The smallest absolute Gasteiger partial charge is 0.276 e. The molecule has 0 spiro atoms. The van der Waals surface area contributed by atoms with Gasteiger partial charge in [-0.05, 0) is 30.2 Å². The number of allylic oxidation sites excluding steroid dienone is 1. The Balaban J connectivity index is 2.19. The summed E-state index contributed by atoms with van der Waals surface area (Å²) in [5.41, 5.74) is 1.61. The molecule has 2 unspecified atom stereocenters. The van der Waals surface area contributed by atoms with E-state index < -0.39 is 24.1 Å². The summed E-state index contributed by atoms with van der Waals surface area (Å²) >= 11 is 0. The van der Waals surface area contributed by atoms with Crippen LogP contribution in [0, 0.1) is 18.2 Å². The van der Waals surface area contributed by atoms with E-state index in [9.17, 15) is 17.6 Å². The number of hydrogen-bond acceptors (Lipinski definition) is 2. The second-order valence-corrected chi connectivity index (χ2v) is 5.46. The molecule has 0 radical (unpaired) electrons. The van der Waals surface area contributed by atoms with Crippen LogP contribution in [-0.4, -0.2) is 21.9 Å². The van der Waals surface area contributed by atoms with E-state index in [0.29, 0.717) is 11.3 Å². The number of benzene rings is 1. The van der Waals surface area contributed by atoms with Gasteiger partial charge in [-0.15, -0.1) is 6.42 Å². The highest BCUT2D eigenvalue weighted by Gasteiger charge is 2.47. The Kier molecular flexibility index (Phi) is 3.84. The molecule has 0 fully saturated rings. The molecular formula is C17H13F4N3. The third-order valence-corrected chi connectivity index (χ3v) is 3.89. The van der Waals surface area contributed by atoms with E-state index in [1.54, 1.807) is 25.0 Å². The number of terminal acetylenes is 1. The minimum absolute atomic E-state index is 0.373. The maximum Gasteiger partial charge on any atom is 0.421 e. The third-order valence-electron chi connectivity index (χ3n) is 3.89. The first-order valence-electron chi connectivity index (χ1n) is 7.11. The highest BCUT2D eigenvalue weighted by Crippen LogP contribution is 2.36. The van der Waals surface area contributed by atoms with Crippen molar-refractivity contribution in [1.29, 1.82) is 0 Å². The van der Waals surface area contributed by atoms with E-state index in [2.05, 4.69) is 4.98 Å². The number of aromatic nitrogens is 2. The second-order valence-electron chi connectivity index (χ2n) is 5.46. The maximum atomic E-state index is 13.6. The first-order valence-corrected chi connectivity index (χ1v) is 7.11. The summed E-state index contributed by atoms with van der Waals surface area (Å²) in [4.78, 5) is 3.92. The summed E-state index contributed by atoms with van der Waals surface area (Å²) < 4.78 is 55.2. The monoisotopic (exact) mass is 335 g/mol. The SMILES string of the molecule is C#CC(N1C(c2cccc(F)c2)C=C(C)c2cncn21)C(F)(F)F. The number of alkyl halides is 3. The zero-order valence-electron chi connectivity index (χ0n) is 12.6. The molecule has 0 bridgehead atoms. The normalized spacial score (nSPS) is 18.6. The Labute approximate surface area is 136 Å². The second kappa shape index (κ2) is 5.71. The van der Waals surface area contributed by atoms with Crippen molar-refractivity contribution in [2.24, 2.45) is 0 Å². The standard InChI is InChI=1S/C17H13F4N3/c1-3-16(17(19,20)21)24-14(12-5-4-6-13(18)8-12)7-11(2)15-9-22-10-23(15)24/h1,4-10,14,16H,2H3. The van der Waals surface area contributed by atoms with Crippen LogP contribution in [0.1, 0.15) is 24.2 Å². The van der Waals surface area contributed by atoms with Crippen LogP contribution in [0.5, 0.6) is 0 Å². The van der Waals surface area contributed by atoms with E-state index in [0.717, 1.165) is 10.6 Å². The van der Waals surface area contributed by atoms with Crippen LogP contribution < -0.4 is 5.01 Å². The summed E-state index contributed by atoms with van der Waals surface area (Å²) in [5, 5.41) is 0.990. The Bertz CT molecular complexity index is 829. The van der Waals surface area contributed by atoms with E-state index in [1.807, 2.05) is 0 Å². The fraction of sp³-hybridized carbons (Fsp3) is 0.235. The molecule has 7 heteroatoms. The highest BCUT2D eigenvalue weighted by atomic mass is 19.4. The minimum Gasteiger partial charge on any atom is -0.276 e. The molecule has 2 atom stereocenters. The lowest BCUT2D eigenvalue weighted by atomic mass is 9.99. The fourth-order valence-corrected chi connectivity index (χ4v) is 2.83. The molecule has 1 aliphatic heterocycles. The van der Waals surface area contributed by atoms with Gasteiger partial charge in [0.2, 0.25) is 6.04 Å². The molecule has 3 nitrogen and oxygen atoms in total. The lowest BCUT2D eigenvalue weighted by Crippen LogP contribution is -2.53. The van der Waals surface area contributed by atoms with Gasteiger partial charge in [-0.1, -0.05) is 24.1 Å². The number of imidazole rings is 1. The number of halogens is 4. The predicted molar refractivity (Wildman–Crippen MR) is 81.9 cm³/mol. The van der Waals surface area contributed by atoms with Crippen molar-refractivity contribution >= 4 is 5.57 Å². The van der Waals surface area contributed by atoms with Crippen LogP contribution in [0.15, 0.2) is 42.9 Å². The van der Waals surface area contributed by atoms with Crippen LogP contribution >= 0.6 is 0 Å². The molecule has 124 valence electrons. The van der Waals surface area contributed by atoms with Crippen molar-refractivity contribution in [2.45, 2.75) is 25.2 Å². The first kappa shape index (κ1) is 16.1. The van der Waals surface area contributed by atoms with Gasteiger partial charge in [-0.3, -0.25) is 5.01 Å². The molecule has 0 saturated heterocycles. The summed E-state index contributed by atoms with van der Waals surface area (Å²) in [5.74, 6) is 1.27. The lowest BCUT2D eigenvalue weighted by molar-refractivity contribution is -0.140. The van der Waals surface area contributed by atoms with Crippen LogP contribution in [0.4, 0.5) is 17.6 Å². The van der Waals surface area contributed by atoms with Gasteiger partial charge in [0, 0.05) is 0 Å². The van der Waals surface area contributed by atoms with Gasteiger partial charge in [-0.25, -0.2) is 14.1 Å². The molecule has 0 amide bonds. The average Bonchev–Trinajstić information content (AvgIpc) is 2.98. The van der Waals surface area contributed by atoms with Crippen molar-refractivity contribution in [3.05, 3.63) is 59.9 Å². The molecular weight excluding hydrogens is 322 g/mol. The van der Waals surface area contributed by atoms with Gasteiger partial charge in [0.05, 0.1) is 17.9 Å². The molecule has 24 heavy (non-hydrogen) atoms. The van der Waals surface area contributed by atoms with Crippen molar-refractivity contribution in [1.82, 2.24) is 9.66 Å². The topological polar surface area (TPSA) is 21.1 Å². The number of hydrogen-bond donors (Lipinski definition) is 0. The van der Waals surface area contributed by atoms with E-state index in [-0.39, 0.29) is 0 Å². The fourth-order valence-electron chi connectivity index (χ4n) is 2.83. The number of rotatable bonds is 2. The maximum absolute atomic E-state index is 13.6. The molecule has 2 aromatic rings. The van der Waals surface area contributed by atoms with Gasteiger partial charge < -0.3 is 0 Å². The Morgan fingerprint density at radius 1 is 1.33 bits per heavy atom. The van der Waals surface area contributed by atoms with Crippen LogP contribution in [-0.2, 0) is 0 Å². The van der Waals surface area contributed by atoms with Gasteiger partial charge in [-0.2, -0.15) is 13.2 Å². The molecule has 0 saturated carbocycles. The number of fused-ring (bicyclic) bond motifs is 1. The molecule has 1 aromatic carbocycles. The first-order chi connectivity index (χ1) is 11.3. The predicted octanol–water partition coefficient (Wildman–Crippen LogP) is 3.68. The van der Waals surface area contributed by atoms with Gasteiger partial charge in [0.1, 0.15) is 12.1 Å². The molecule has 0 N–H and O–H groups in total. The Hall–Kier alpha value is -2.75. The largest absolute Gasteiger partial charge is 0.421 e. The summed E-state index contributed by atoms with van der Waals surface area (Å²) in [6, 6.07) is 2.41. The van der Waals surface area contributed by atoms with Crippen molar-refractivity contribution in [3.8, 4) is 12.3 Å². The third kappa shape index (κ3) is 2.64. The van der Waals surface area contributed by atoms with E-state index >= 15 is 0 Å². The lowest BCUT2D eigenvalue weighted by Gasteiger charge is -2.41. The van der Waals surface area contributed by atoms with Crippen molar-refractivity contribution < 1.29 is 17.6 Å². The van der Waals surface area contributed by atoms with Crippen molar-refractivity contribution in [2.75, 3.05) is 5.01 Å². The average molecular weight is 335 g/mol. The van der Waals surface area contributed by atoms with Crippen molar-refractivity contribution in [3.63, 3.8) is 0 Å². The zero-order chi connectivity index (χ0) is 17.5. The quantitative estimate of drug-likeness (QED) is 0.617. The zero-order valence-corrected chi connectivity index (χ0v) is 12.6. The van der Waals surface area contributed by atoms with Gasteiger partial charge in [0.25, 0.3) is 0 Å². The Morgan fingerprint density at radius 3 is 2.71 bits per heavy atom. The summed E-state index contributed by atoms with van der Waals surface area (Å²) in [7, 11) is 0. The number of nitrogens with zero attached hydrogens (tertiary/aromatic N) is 3. The highest BCUT2D eigenvalue weighted by molar-refractivity contribution is 5.65. The summed E-state index contributed by atoms with van der Waals surface area (Å²) in [6.07, 6.45) is 4.89. The molecule has 0 aliphatic carbocycles. The molecule has 1 aromatic heterocycles. The summed E-state index contributed by atoms with van der Waals surface area (Å²) in [6.45, 7) is 1.76. The molecule has 3 rings (SSSR count). The van der Waals surface area contributed by atoms with E-state index in [1.165, 1.54) is 35.4 Å². The van der Waals surface area contributed by atoms with Crippen LogP contribution in [0.3, 0.4) is 0 Å². The molecule has 1 aliphatic rings. The van der Waals surface area contributed by atoms with Gasteiger partial charge >= 0.3 is 6.18 Å². The van der Waals surface area contributed by atoms with Crippen LogP contribution in [0.2, 0.25) is 0 Å². The van der Waals surface area contributed by atoms with E-state index in [4.69, 9.17) is 6.42 Å².